The number of hydrogen-bond acceptors (Lipinski definition) is 4. The van der Waals surface area contributed by atoms with Crippen molar-refractivity contribution in [2.75, 3.05) is 39.8 Å². The number of piperazine rings is 1. The highest BCUT2D eigenvalue weighted by atomic mass is 32.2. The van der Waals surface area contributed by atoms with Crippen molar-refractivity contribution in [1.29, 1.82) is 0 Å². The third-order valence-corrected chi connectivity index (χ3v) is 6.35. The third kappa shape index (κ3) is 3.95. The van der Waals surface area contributed by atoms with Crippen LogP contribution in [-0.4, -0.2) is 63.3 Å². The Hall–Kier alpha value is -2.22. The fourth-order valence-corrected chi connectivity index (χ4v) is 4.34. The fourth-order valence-electron chi connectivity index (χ4n) is 3.01. The summed E-state index contributed by atoms with van der Waals surface area (Å²) >= 11 is 0. The first-order valence-electron chi connectivity index (χ1n) is 8.59. The average molecular weight is 373 g/mol. The Labute approximate surface area is 154 Å². The largest absolute Gasteiger partial charge is 0.339 e. The van der Waals surface area contributed by atoms with Gasteiger partial charge in [0.2, 0.25) is 15.9 Å². The van der Waals surface area contributed by atoms with E-state index in [0.717, 1.165) is 23.0 Å². The van der Waals surface area contributed by atoms with Gasteiger partial charge in [0.05, 0.1) is 11.4 Å². The van der Waals surface area contributed by atoms with Crippen LogP contribution >= 0.6 is 0 Å². The van der Waals surface area contributed by atoms with Gasteiger partial charge in [-0.15, -0.1) is 0 Å². The van der Waals surface area contributed by atoms with Crippen LogP contribution in [0.5, 0.6) is 0 Å². The molecule has 6 nitrogen and oxygen atoms in total. The van der Waals surface area contributed by atoms with Crippen molar-refractivity contribution in [1.82, 2.24) is 14.5 Å². The minimum Gasteiger partial charge on any atom is -0.339 e. The molecule has 2 aromatic carbocycles. The highest BCUT2D eigenvalue weighted by Crippen LogP contribution is 2.28. The Kier molecular flexibility index (Phi) is 5.70. The van der Waals surface area contributed by atoms with Crippen molar-refractivity contribution >= 4 is 15.9 Å². The fraction of sp³-hybridized carbons (Fsp3) is 0.316. The number of nitrogens with zero attached hydrogens (tertiary/aromatic N) is 2. The maximum atomic E-state index is 13.1. The molecule has 0 atom stereocenters. The van der Waals surface area contributed by atoms with Crippen LogP contribution in [0.25, 0.3) is 11.1 Å². The predicted octanol–water partition coefficient (Wildman–Crippen LogP) is 1.41. The Morgan fingerprint density at radius 2 is 1.65 bits per heavy atom. The monoisotopic (exact) mass is 373 g/mol. The number of rotatable bonds is 5. The molecule has 3 rings (SSSR count). The van der Waals surface area contributed by atoms with Crippen LogP contribution in [0.15, 0.2) is 59.5 Å². The molecule has 1 amide bonds. The van der Waals surface area contributed by atoms with Gasteiger partial charge in [-0.1, -0.05) is 48.5 Å². The molecule has 7 heteroatoms. The van der Waals surface area contributed by atoms with E-state index >= 15 is 0 Å². The summed E-state index contributed by atoms with van der Waals surface area (Å²) in [4.78, 5) is 14.3. The molecule has 0 spiro atoms. The molecule has 0 radical (unpaired) electrons. The van der Waals surface area contributed by atoms with Crippen molar-refractivity contribution < 1.29 is 13.2 Å². The smallest absolute Gasteiger partial charge is 0.243 e. The van der Waals surface area contributed by atoms with E-state index in [0.29, 0.717) is 18.7 Å². The molecular weight excluding hydrogens is 350 g/mol. The third-order valence-electron chi connectivity index (χ3n) is 4.49. The number of carbonyl (C=O) groups is 1. The van der Waals surface area contributed by atoms with Crippen LogP contribution in [-0.2, 0) is 14.8 Å². The standard InChI is InChI=1S/C19H23N3O3S/c1-21(15-19(23)22-13-11-20-12-14-22)26(24,25)18-10-6-5-9-17(18)16-7-3-2-4-8-16/h2-10,20H,11-15H2,1H3. The summed E-state index contributed by atoms with van der Waals surface area (Å²) in [5, 5.41) is 3.18. The molecular formula is C19H23N3O3S. The minimum atomic E-state index is -3.78. The second-order valence-electron chi connectivity index (χ2n) is 6.25. The number of amides is 1. The SMILES string of the molecule is CN(CC(=O)N1CCNCC1)S(=O)(=O)c1ccccc1-c1ccccc1. The molecule has 0 bridgehead atoms. The molecule has 1 N–H and O–H groups in total. The van der Waals surface area contributed by atoms with Gasteiger partial charge in [0.15, 0.2) is 0 Å². The van der Waals surface area contributed by atoms with Crippen LogP contribution in [0.1, 0.15) is 0 Å². The lowest BCUT2D eigenvalue weighted by atomic mass is 10.1. The molecule has 0 aromatic heterocycles. The lowest BCUT2D eigenvalue weighted by Crippen LogP contribution is -2.49. The molecule has 1 heterocycles. The second kappa shape index (κ2) is 7.99. The van der Waals surface area contributed by atoms with Crippen molar-refractivity contribution in [2.24, 2.45) is 0 Å². The number of sulfonamides is 1. The Morgan fingerprint density at radius 1 is 1.04 bits per heavy atom. The highest BCUT2D eigenvalue weighted by Gasteiger charge is 2.27. The lowest BCUT2D eigenvalue weighted by Gasteiger charge is -2.29. The van der Waals surface area contributed by atoms with E-state index in [4.69, 9.17) is 0 Å². The number of hydrogen-bond donors (Lipinski definition) is 1. The first-order chi connectivity index (χ1) is 12.5. The van der Waals surface area contributed by atoms with Crippen LogP contribution < -0.4 is 5.32 Å². The zero-order valence-corrected chi connectivity index (χ0v) is 15.6. The van der Waals surface area contributed by atoms with Crippen LogP contribution in [0.4, 0.5) is 0 Å². The van der Waals surface area contributed by atoms with Crippen LogP contribution in [0.2, 0.25) is 0 Å². The second-order valence-corrected chi connectivity index (χ2v) is 8.27. The normalized spacial score (nSPS) is 15.2. The summed E-state index contributed by atoms with van der Waals surface area (Å²) in [6, 6.07) is 16.3. The Morgan fingerprint density at radius 3 is 2.35 bits per heavy atom. The zero-order chi connectivity index (χ0) is 18.6. The number of benzene rings is 2. The molecule has 26 heavy (non-hydrogen) atoms. The van der Waals surface area contributed by atoms with Crippen molar-refractivity contribution in [3.63, 3.8) is 0 Å². The van der Waals surface area contributed by atoms with E-state index in [9.17, 15) is 13.2 Å². The Bertz CT molecular complexity index is 863. The summed E-state index contributed by atoms with van der Waals surface area (Å²) in [6.07, 6.45) is 0. The first-order valence-corrected chi connectivity index (χ1v) is 10.0. The quantitative estimate of drug-likeness (QED) is 0.860. The van der Waals surface area contributed by atoms with Gasteiger partial charge in [-0.25, -0.2) is 8.42 Å². The van der Waals surface area contributed by atoms with E-state index in [1.807, 2.05) is 36.4 Å². The summed E-state index contributed by atoms with van der Waals surface area (Å²) in [5.41, 5.74) is 1.46. The summed E-state index contributed by atoms with van der Waals surface area (Å²) < 4.78 is 27.3. The zero-order valence-electron chi connectivity index (χ0n) is 14.8. The predicted molar refractivity (Wildman–Crippen MR) is 101 cm³/mol. The molecule has 1 saturated heterocycles. The maximum absolute atomic E-state index is 13.1. The Balaban J connectivity index is 1.85. The summed E-state index contributed by atoms with van der Waals surface area (Å²) in [6.45, 7) is 2.52. The number of likely N-dealkylation sites (N-methyl/N-ethyl adjacent to an activating group) is 1. The van der Waals surface area contributed by atoms with E-state index < -0.39 is 10.0 Å². The van der Waals surface area contributed by atoms with Gasteiger partial charge < -0.3 is 10.2 Å². The summed E-state index contributed by atoms with van der Waals surface area (Å²) in [5.74, 6) is -0.172. The van der Waals surface area contributed by atoms with E-state index in [1.54, 1.807) is 23.1 Å². The van der Waals surface area contributed by atoms with E-state index in [-0.39, 0.29) is 17.3 Å². The molecule has 1 aliphatic rings. The van der Waals surface area contributed by atoms with Gasteiger partial charge in [-0.3, -0.25) is 4.79 Å². The highest BCUT2D eigenvalue weighted by molar-refractivity contribution is 7.89. The molecule has 0 saturated carbocycles. The average Bonchev–Trinajstić information content (AvgIpc) is 2.69. The molecule has 0 aliphatic carbocycles. The van der Waals surface area contributed by atoms with Gasteiger partial charge in [-0.2, -0.15) is 4.31 Å². The van der Waals surface area contributed by atoms with Gasteiger partial charge in [-0.05, 0) is 11.6 Å². The molecule has 2 aromatic rings. The molecule has 1 aliphatic heterocycles. The van der Waals surface area contributed by atoms with Crippen molar-refractivity contribution in [3.05, 3.63) is 54.6 Å². The number of carbonyl (C=O) groups excluding carboxylic acids is 1. The van der Waals surface area contributed by atoms with Crippen molar-refractivity contribution in [3.8, 4) is 11.1 Å². The summed E-state index contributed by atoms with van der Waals surface area (Å²) in [7, 11) is -2.33. The van der Waals surface area contributed by atoms with Crippen molar-refractivity contribution in [2.45, 2.75) is 4.90 Å². The molecule has 1 fully saturated rings. The molecule has 0 unspecified atom stereocenters. The van der Waals surface area contributed by atoms with Gasteiger partial charge >= 0.3 is 0 Å². The van der Waals surface area contributed by atoms with Gasteiger partial charge in [0.25, 0.3) is 0 Å². The maximum Gasteiger partial charge on any atom is 0.243 e. The number of nitrogens with one attached hydrogen (secondary N) is 1. The lowest BCUT2D eigenvalue weighted by molar-refractivity contribution is -0.131. The molecule has 138 valence electrons. The minimum absolute atomic E-state index is 0.161. The first kappa shape index (κ1) is 18.6. The van der Waals surface area contributed by atoms with Crippen LogP contribution in [0.3, 0.4) is 0 Å². The van der Waals surface area contributed by atoms with Gasteiger partial charge in [0.1, 0.15) is 0 Å². The van der Waals surface area contributed by atoms with E-state index in [2.05, 4.69) is 5.32 Å². The van der Waals surface area contributed by atoms with Gasteiger partial charge in [0, 0.05) is 38.8 Å². The topological polar surface area (TPSA) is 69.7 Å². The van der Waals surface area contributed by atoms with Crippen LogP contribution in [0, 0.1) is 0 Å². The van der Waals surface area contributed by atoms with E-state index in [1.165, 1.54) is 7.05 Å².